The highest BCUT2D eigenvalue weighted by atomic mass is 32.2. The minimum absolute atomic E-state index is 0.0748. The minimum Gasteiger partial charge on any atom is -0.394 e. The van der Waals surface area contributed by atoms with E-state index in [4.69, 9.17) is 5.14 Å². The van der Waals surface area contributed by atoms with Crippen molar-refractivity contribution in [3.63, 3.8) is 0 Å². The van der Waals surface area contributed by atoms with Crippen LogP contribution in [0, 0.1) is 10.1 Å². The lowest BCUT2D eigenvalue weighted by Gasteiger charge is -2.13. The summed E-state index contributed by atoms with van der Waals surface area (Å²) in [5.74, 6) is -0.482. The number of aliphatic hydroxyl groups excluding tert-OH is 1. The lowest BCUT2D eigenvalue weighted by atomic mass is 10.3. The molecule has 26 heavy (non-hydrogen) atoms. The highest BCUT2D eigenvalue weighted by Gasteiger charge is 2.24. The zero-order valence-electron chi connectivity index (χ0n) is 13.4. The normalized spacial score (nSPS) is 13.0. The number of alkyl halides is 1. The maximum atomic E-state index is 13.0. The van der Waals surface area contributed by atoms with Gasteiger partial charge in [-0.05, 0) is 4.92 Å². The number of hydrogen-bond acceptors (Lipinski definition) is 8. The number of nitrogens with two attached hydrogens (primary N) is 1. The number of nitrogens with zero attached hydrogens (tertiary/aromatic N) is 6. The summed E-state index contributed by atoms with van der Waals surface area (Å²) < 4.78 is 39.2. The van der Waals surface area contributed by atoms with Crippen molar-refractivity contribution in [1.29, 1.82) is 0 Å². The first-order valence-corrected chi connectivity index (χ1v) is 8.83. The fourth-order valence-corrected chi connectivity index (χ4v) is 2.66. The molecule has 144 valence electrons. The molecule has 2 heterocycles. The third-order valence-electron chi connectivity index (χ3n) is 3.47. The molecule has 15 heteroatoms. The van der Waals surface area contributed by atoms with Gasteiger partial charge in [-0.2, -0.15) is 8.42 Å². The summed E-state index contributed by atoms with van der Waals surface area (Å²) in [6, 6.07) is -0.970. The van der Waals surface area contributed by atoms with Gasteiger partial charge >= 0.3 is 5.95 Å². The van der Waals surface area contributed by atoms with Crippen LogP contribution in [0.2, 0.25) is 0 Å². The molecule has 0 bridgehead atoms. The molecule has 13 nitrogen and oxygen atoms in total. The van der Waals surface area contributed by atoms with E-state index in [2.05, 4.69) is 20.0 Å². The number of nitro groups is 1. The Morgan fingerprint density at radius 3 is 2.73 bits per heavy atom. The molecule has 0 radical (unpaired) electrons. The van der Waals surface area contributed by atoms with Gasteiger partial charge in [-0.1, -0.05) is 10.2 Å². The predicted molar refractivity (Wildman–Crippen MR) is 84.9 cm³/mol. The van der Waals surface area contributed by atoms with E-state index in [1.165, 1.54) is 17.0 Å². The van der Waals surface area contributed by atoms with Crippen molar-refractivity contribution < 1.29 is 22.8 Å². The topological polar surface area (TPSA) is 184 Å². The summed E-state index contributed by atoms with van der Waals surface area (Å²) in [5, 5.41) is 32.6. The standard InChI is InChI=1S/C11H17FN8O5S/c12-3-9(7-21)19-10(5-15-17-19)6-18-8(1-2-16-26(13,24)25)4-14-11(18)20(22)23/h4-5,9,16,21H,1-3,6-7H2,(H2,13,24,25). The third kappa shape index (κ3) is 4.78. The molecule has 1 atom stereocenters. The van der Waals surface area contributed by atoms with Gasteiger partial charge in [0.1, 0.15) is 31.2 Å². The number of aliphatic hydroxyl groups is 1. The summed E-state index contributed by atoms with van der Waals surface area (Å²) in [7, 11) is -3.90. The Kier molecular flexibility index (Phi) is 6.30. The van der Waals surface area contributed by atoms with Crippen molar-refractivity contribution in [3.8, 4) is 0 Å². The predicted octanol–water partition coefficient (Wildman–Crippen LogP) is -1.73. The Bertz CT molecular complexity index is 862. The second kappa shape index (κ2) is 8.26. The van der Waals surface area contributed by atoms with Crippen LogP contribution in [-0.4, -0.2) is 62.8 Å². The van der Waals surface area contributed by atoms with Gasteiger partial charge in [-0.3, -0.25) is 0 Å². The molecule has 0 aliphatic heterocycles. The summed E-state index contributed by atoms with van der Waals surface area (Å²) in [4.78, 5) is 14.2. The number of hydrogen-bond donors (Lipinski definition) is 3. The first-order valence-electron chi connectivity index (χ1n) is 7.29. The zero-order chi connectivity index (χ0) is 19.3. The zero-order valence-corrected chi connectivity index (χ0v) is 14.2. The molecule has 0 amide bonds. The Balaban J connectivity index is 2.29. The van der Waals surface area contributed by atoms with Gasteiger partial charge in [0.25, 0.3) is 10.2 Å². The molecule has 1 unspecified atom stereocenters. The van der Waals surface area contributed by atoms with Gasteiger partial charge in [0, 0.05) is 13.0 Å². The lowest BCUT2D eigenvalue weighted by molar-refractivity contribution is -0.396. The number of aromatic nitrogens is 5. The monoisotopic (exact) mass is 392 g/mol. The molecule has 2 aromatic rings. The van der Waals surface area contributed by atoms with E-state index < -0.39 is 40.4 Å². The molecular weight excluding hydrogens is 375 g/mol. The molecule has 0 aliphatic rings. The number of imidazole rings is 1. The molecule has 2 rings (SSSR count). The van der Waals surface area contributed by atoms with Crippen LogP contribution in [0.1, 0.15) is 17.4 Å². The maximum absolute atomic E-state index is 13.0. The van der Waals surface area contributed by atoms with Crippen LogP contribution in [0.25, 0.3) is 0 Å². The average Bonchev–Trinajstić information content (AvgIpc) is 3.16. The lowest BCUT2D eigenvalue weighted by Crippen LogP contribution is -2.32. The molecule has 0 saturated carbocycles. The highest BCUT2D eigenvalue weighted by molar-refractivity contribution is 7.87. The van der Waals surface area contributed by atoms with E-state index in [0.29, 0.717) is 11.4 Å². The van der Waals surface area contributed by atoms with E-state index in [0.717, 1.165) is 4.68 Å². The van der Waals surface area contributed by atoms with Crippen LogP contribution in [0.3, 0.4) is 0 Å². The van der Waals surface area contributed by atoms with Crippen molar-refractivity contribution in [2.45, 2.75) is 19.0 Å². The van der Waals surface area contributed by atoms with Gasteiger partial charge in [-0.25, -0.2) is 23.5 Å². The SMILES string of the molecule is NS(=O)(=O)NCCc1cnc([N+](=O)[O-])n1Cc1cnnn1C(CO)CF. The first kappa shape index (κ1) is 19.8. The van der Waals surface area contributed by atoms with E-state index in [9.17, 15) is 28.0 Å². The summed E-state index contributed by atoms with van der Waals surface area (Å²) >= 11 is 0. The van der Waals surface area contributed by atoms with Crippen molar-refractivity contribution in [2.75, 3.05) is 19.8 Å². The van der Waals surface area contributed by atoms with Crippen LogP contribution in [0.5, 0.6) is 0 Å². The molecule has 0 fully saturated rings. The van der Waals surface area contributed by atoms with Gasteiger partial charge in [0.05, 0.1) is 18.5 Å². The van der Waals surface area contributed by atoms with Crippen LogP contribution in [0.4, 0.5) is 10.3 Å². The Morgan fingerprint density at radius 2 is 2.15 bits per heavy atom. The van der Waals surface area contributed by atoms with Crippen molar-refractivity contribution in [3.05, 3.63) is 33.9 Å². The fraction of sp³-hybridized carbons (Fsp3) is 0.545. The van der Waals surface area contributed by atoms with Crippen molar-refractivity contribution in [1.82, 2.24) is 29.3 Å². The Morgan fingerprint density at radius 1 is 1.42 bits per heavy atom. The number of halogens is 1. The number of rotatable bonds is 10. The van der Waals surface area contributed by atoms with Gasteiger partial charge in [-0.15, -0.1) is 5.10 Å². The molecule has 0 saturated heterocycles. The fourth-order valence-electron chi connectivity index (χ4n) is 2.28. The van der Waals surface area contributed by atoms with Crippen molar-refractivity contribution >= 4 is 16.2 Å². The van der Waals surface area contributed by atoms with Crippen molar-refractivity contribution in [2.24, 2.45) is 5.14 Å². The largest absolute Gasteiger partial charge is 0.435 e. The second-order valence-electron chi connectivity index (χ2n) is 5.24. The molecule has 2 aromatic heterocycles. The van der Waals surface area contributed by atoms with Gasteiger partial charge in [0.15, 0.2) is 0 Å². The second-order valence-corrected chi connectivity index (χ2v) is 6.62. The summed E-state index contributed by atoms with van der Waals surface area (Å²) in [5.41, 5.74) is 0.657. The van der Waals surface area contributed by atoms with Crippen LogP contribution in [-0.2, 0) is 23.2 Å². The molecule has 0 spiro atoms. The van der Waals surface area contributed by atoms with E-state index in [-0.39, 0.29) is 19.5 Å². The highest BCUT2D eigenvalue weighted by Crippen LogP contribution is 2.18. The summed E-state index contributed by atoms with van der Waals surface area (Å²) in [6.07, 6.45) is 2.59. The smallest absolute Gasteiger partial charge is 0.394 e. The van der Waals surface area contributed by atoms with Crippen LogP contribution in [0.15, 0.2) is 12.4 Å². The summed E-state index contributed by atoms with van der Waals surface area (Å²) in [6.45, 7) is -1.64. The molecule has 0 aromatic carbocycles. The van der Waals surface area contributed by atoms with Crippen LogP contribution >= 0.6 is 0 Å². The quantitative estimate of drug-likeness (QED) is 0.314. The average molecular weight is 392 g/mol. The van der Waals surface area contributed by atoms with E-state index in [1.54, 1.807) is 0 Å². The number of nitrogens with one attached hydrogen (secondary N) is 1. The van der Waals surface area contributed by atoms with Crippen LogP contribution < -0.4 is 9.86 Å². The van der Waals surface area contributed by atoms with E-state index >= 15 is 0 Å². The maximum Gasteiger partial charge on any atom is 0.435 e. The van der Waals surface area contributed by atoms with Gasteiger partial charge < -0.3 is 15.2 Å². The van der Waals surface area contributed by atoms with Gasteiger partial charge in [0.2, 0.25) is 0 Å². The minimum atomic E-state index is -3.90. The Hall–Kier alpha value is -2.49. The molecular formula is C11H17FN8O5S. The molecule has 0 aliphatic carbocycles. The molecule has 4 N–H and O–H groups in total. The first-order chi connectivity index (χ1) is 12.3. The third-order valence-corrected chi connectivity index (χ3v) is 4.08. The Labute approximate surface area is 147 Å². The van der Waals surface area contributed by atoms with E-state index in [1.807, 2.05) is 0 Å².